The molecule has 0 radical (unpaired) electrons. The highest BCUT2D eigenvalue weighted by Crippen LogP contribution is 2.26. The summed E-state index contributed by atoms with van der Waals surface area (Å²) in [4.78, 5) is 6.88. The van der Waals surface area contributed by atoms with Crippen molar-refractivity contribution in [3.05, 3.63) is 35.4 Å². The Balaban J connectivity index is 2.06. The number of hydrogen-bond donors (Lipinski definition) is 1. The summed E-state index contributed by atoms with van der Waals surface area (Å²) in [6.45, 7) is 9.49. The fraction of sp³-hybridized carbons (Fsp3) is 0.588. The minimum absolute atomic E-state index is 0.0196. The van der Waals surface area contributed by atoms with Gasteiger partial charge in [-0.3, -0.25) is 4.99 Å². The lowest BCUT2D eigenvalue weighted by Gasteiger charge is -2.29. The first-order chi connectivity index (χ1) is 9.50. The summed E-state index contributed by atoms with van der Waals surface area (Å²) in [5.74, 6) is 0.714. The van der Waals surface area contributed by atoms with E-state index in [1.54, 1.807) is 0 Å². The molecule has 3 nitrogen and oxygen atoms in total. The van der Waals surface area contributed by atoms with Crippen LogP contribution in [-0.4, -0.2) is 30.5 Å². The third-order valence-corrected chi connectivity index (χ3v) is 4.19. The molecule has 0 unspecified atom stereocenters. The SMILES string of the molecule is Cc1ccccc1C(C)(C)CN=C(N)N1CCCCC1. The number of hydrogen-bond acceptors (Lipinski definition) is 1. The maximum Gasteiger partial charge on any atom is 0.191 e. The van der Waals surface area contributed by atoms with Gasteiger partial charge in [-0.2, -0.15) is 0 Å². The van der Waals surface area contributed by atoms with E-state index in [4.69, 9.17) is 5.73 Å². The smallest absolute Gasteiger partial charge is 0.191 e. The highest BCUT2D eigenvalue weighted by Gasteiger charge is 2.22. The van der Waals surface area contributed by atoms with Crippen LogP contribution in [-0.2, 0) is 5.41 Å². The van der Waals surface area contributed by atoms with Crippen molar-refractivity contribution in [1.29, 1.82) is 0 Å². The lowest BCUT2D eigenvalue weighted by molar-refractivity contribution is 0.337. The van der Waals surface area contributed by atoms with Crippen LogP contribution in [0, 0.1) is 6.92 Å². The van der Waals surface area contributed by atoms with Crippen LogP contribution in [0.15, 0.2) is 29.3 Å². The minimum atomic E-state index is 0.0196. The van der Waals surface area contributed by atoms with Gasteiger partial charge in [0.15, 0.2) is 5.96 Å². The van der Waals surface area contributed by atoms with Gasteiger partial charge in [0, 0.05) is 18.5 Å². The largest absolute Gasteiger partial charge is 0.370 e. The van der Waals surface area contributed by atoms with E-state index in [0.717, 1.165) is 19.6 Å². The molecule has 2 N–H and O–H groups in total. The molecule has 0 saturated carbocycles. The Bertz CT molecular complexity index is 471. The second-order valence-corrected chi connectivity index (χ2v) is 6.42. The van der Waals surface area contributed by atoms with E-state index in [1.807, 2.05) is 0 Å². The Morgan fingerprint density at radius 3 is 2.50 bits per heavy atom. The molecule has 0 atom stereocenters. The van der Waals surface area contributed by atoms with Crippen LogP contribution >= 0.6 is 0 Å². The second-order valence-electron chi connectivity index (χ2n) is 6.42. The number of guanidine groups is 1. The zero-order valence-electron chi connectivity index (χ0n) is 13.0. The summed E-state index contributed by atoms with van der Waals surface area (Å²) in [5, 5.41) is 0. The van der Waals surface area contributed by atoms with Gasteiger partial charge in [0.05, 0.1) is 6.54 Å². The zero-order chi connectivity index (χ0) is 14.6. The van der Waals surface area contributed by atoms with Crippen LogP contribution < -0.4 is 5.73 Å². The number of aryl methyl sites for hydroxylation is 1. The van der Waals surface area contributed by atoms with E-state index in [-0.39, 0.29) is 5.41 Å². The first-order valence-corrected chi connectivity index (χ1v) is 7.62. The molecule has 0 amide bonds. The molecule has 1 aromatic rings. The number of aliphatic imine (C=N–C) groups is 1. The summed E-state index contributed by atoms with van der Waals surface area (Å²) in [6, 6.07) is 8.54. The van der Waals surface area contributed by atoms with Crippen LogP contribution in [0.5, 0.6) is 0 Å². The Morgan fingerprint density at radius 2 is 1.85 bits per heavy atom. The number of rotatable bonds is 3. The number of benzene rings is 1. The molecule has 1 heterocycles. The number of piperidine rings is 1. The van der Waals surface area contributed by atoms with E-state index in [1.165, 1.54) is 30.4 Å². The van der Waals surface area contributed by atoms with Crippen molar-refractivity contribution in [2.75, 3.05) is 19.6 Å². The Hall–Kier alpha value is -1.51. The lowest BCUT2D eigenvalue weighted by atomic mass is 9.82. The van der Waals surface area contributed by atoms with Crippen molar-refractivity contribution in [2.24, 2.45) is 10.7 Å². The maximum absolute atomic E-state index is 6.15. The molecule has 110 valence electrons. The van der Waals surface area contributed by atoms with Crippen molar-refractivity contribution < 1.29 is 0 Å². The standard InChI is InChI=1S/C17H27N3/c1-14-9-5-6-10-15(14)17(2,3)13-19-16(18)20-11-7-4-8-12-20/h5-6,9-10H,4,7-8,11-13H2,1-3H3,(H2,18,19). The first kappa shape index (κ1) is 14.9. The minimum Gasteiger partial charge on any atom is -0.370 e. The fourth-order valence-corrected chi connectivity index (χ4v) is 2.92. The van der Waals surface area contributed by atoms with E-state index >= 15 is 0 Å². The summed E-state index contributed by atoms with van der Waals surface area (Å²) < 4.78 is 0. The topological polar surface area (TPSA) is 41.6 Å². The van der Waals surface area contributed by atoms with Gasteiger partial charge in [-0.25, -0.2) is 0 Å². The van der Waals surface area contributed by atoms with Crippen LogP contribution in [0.25, 0.3) is 0 Å². The molecule has 2 rings (SSSR count). The molecular weight excluding hydrogens is 246 g/mol. The molecule has 1 saturated heterocycles. The molecule has 1 fully saturated rings. The third-order valence-electron chi connectivity index (χ3n) is 4.19. The summed E-state index contributed by atoms with van der Waals surface area (Å²) >= 11 is 0. The van der Waals surface area contributed by atoms with Crippen molar-refractivity contribution >= 4 is 5.96 Å². The molecule has 20 heavy (non-hydrogen) atoms. The lowest BCUT2D eigenvalue weighted by Crippen LogP contribution is -2.41. The van der Waals surface area contributed by atoms with Crippen molar-refractivity contribution in [3.8, 4) is 0 Å². The molecule has 0 aliphatic carbocycles. The van der Waals surface area contributed by atoms with Gasteiger partial charge in [0.2, 0.25) is 0 Å². The van der Waals surface area contributed by atoms with Crippen LogP contribution in [0.4, 0.5) is 0 Å². The van der Waals surface area contributed by atoms with Crippen molar-refractivity contribution in [3.63, 3.8) is 0 Å². The summed E-state index contributed by atoms with van der Waals surface area (Å²) in [5.41, 5.74) is 8.85. The quantitative estimate of drug-likeness (QED) is 0.679. The first-order valence-electron chi connectivity index (χ1n) is 7.62. The summed E-state index contributed by atoms with van der Waals surface area (Å²) in [6.07, 6.45) is 3.79. The van der Waals surface area contributed by atoms with Gasteiger partial charge in [0.1, 0.15) is 0 Å². The van der Waals surface area contributed by atoms with E-state index < -0.39 is 0 Å². The third kappa shape index (κ3) is 3.53. The average molecular weight is 273 g/mol. The zero-order valence-corrected chi connectivity index (χ0v) is 13.0. The van der Waals surface area contributed by atoms with Gasteiger partial charge in [-0.1, -0.05) is 38.1 Å². The van der Waals surface area contributed by atoms with E-state index in [9.17, 15) is 0 Å². The molecule has 1 aliphatic rings. The average Bonchev–Trinajstić information content (AvgIpc) is 2.46. The predicted octanol–water partition coefficient (Wildman–Crippen LogP) is 3.07. The Kier molecular flexibility index (Phi) is 4.69. The molecule has 3 heteroatoms. The van der Waals surface area contributed by atoms with Crippen molar-refractivity contribution in [1.82, 2.24) is 4.90 Å². The highest BCUT2D eigenvalue weighted by atomic mass is 15.3. The Morgan fingerprint density at radius 1 is 1.20 bits per heavy atom. The second kappa shape index (κ2) is 6.29. The van der Waals surface area contributed by atoms with Crippen molar-refractivity contribution in [2.45, 2.75) is 45.4 Å². The molecule has 1 aliphatic heterocycles. The molecule has 1 aromatic carbocycles. The molecule has 0 bridgehead atoms. The normalized spacial score (nSPS) is 17.4. The Labute approximate surface area is 122 Å². The molecular formula is C17H27N3. The summed E-state index contributed by atoms with van der Waals surface area (Å²) in [7, 11) is 0. The van der Waals surface area contributed by atoms with Gasteiger partial charge < -0.3 is 10.6 Å². The van der Waals surface area contributed by atoms with Crippen LogP contribution in [0.3, 0.4) is 0 Å². The van der Waals surface area contributed by atoms with E-state index in [0.29, 0.717) is 5.96 Å². The number of nitrogens with two attached hydrogens (primary N) is 1. The number of likely N-dealkylation sites (tertiary alicyclic amines) is 1. The maximum atomic E-state index is 6.15. The molecule has 0 spiro atoms. The number of nitrogens with zero attached hydrogens (tertiary/aromatic N) is 2. The van der Waals surface area contributed by atoms with Crippen LogP contribution in [0.1, 0.15) is 44.2 Å². The van der Waals surface area contributed by atoms with Gasteiger partial charge in [-0.15, -0.1) is 0 Å². The fourth-order valence-electron chi connectivity index (χ4n) is 2.92. The van der Waals surface area contributed by atoms with Gasteiger partial charge in [-0.05, 0) is 37.3 Å². The van der Waals surface area contributed by atoms with Crippen LogP contribution in [0.2, 0.25) is 0 Å². The monoisotopic (exact) mass is 273 g/mol. The predicted molar refractivity (Wildman–Crippen MR) is 86.1 cm³/mol. The molecule has 0 aromatic heterocycles. The van der Waals surface area contributed by atoms with Gasteiger partial charge >= 0.3 is 0 Å². The van der Waals surface area contributed by atoms with Gasteiger partial charge in [0.25, 0.3) is 0 Å². The van der Waals surface area contributed by atoms with E-state index in [2.05, 4.69) is 54.9 Å². The highest BCUT2D eigenvalue weighted by molar-refractivity contribution is 5.78.